The van der Waals surface area contributed by atoms with E-state index < -0.39 is 0 Å². The highest BCUT2D eigenvalue weighted by Gasteiger charge is 1.84. The van der Waals surface area contributed by atoms with Crippen LogP contribution < -0.4 is 0 Å². The number of nitriles is 1. The van der Waals surface area contributed by atoms with Gasteiger partial charge in [0.25, 0.3) is 0 Å². The van der Waals surface area contributed by atoms with Gasteiger partial charge in [-0.1, -0.05) is 45.0 Å². The number of nitrogens with zero attached hydrogens (tertiary/aromatic N) is 1. The van der Waals surface area contributed by atoms with Gasteiger partial charge in [0, 0.05) is 6.08 Å². The van der Waals surface area contributed by atoms with Crippen LogP contribution in [-0.2, 0) is 0 Å². The number of hydrogen-bond donors (Lipinski definition) is 0. The maximum absolute atomic E-state index is 7.51. The Morgan fingerprint density at radius 2 is 1.25 bits per heavy atom. The van der Waals surface area contributed by atoms with Gasteiger partial charge in [-0.2, -0.15) is 5.26 Å². The lowest BCUT2D eigenvalue weighted by Crippen LogP contribution is -1.73. The van der Waals surface area contributed by atoms with Crippen LogP contribution in [0.5, 0.6) is 0 Å². The summed E-state index contributed by atoms with van der Waals surface area (Å²) in [5.41, 5.74) is 1.67. The summed E-state index contributed by atoms with van der Waals surface area (Å²) >= 11 is 0. The van der Waals surface area contributed by atoms with Crippen molar-refractivity contribution >= 4 is 0 Å². The molecule has 0 unspecified atom stereocenters. The molecule has 1 heteroatoms. The largest absolute Gasteiger partial charge is 0.193 e. The van der Waals surface area contributed by atoms with Crippen molar-refractivity contribution in [1.82, 2.24) is 0 Å². The van der Waals surface area contributed by atoms with Crippen molar-refractivity contribution in [3.05, 3.63) is 62.3 Å². The van der Waals surface area contributed by atoms with Crippen LogP contribution in [0.3, 0.4) is 0 Å². The van der Waals surface area contributed by atoms with Crippen molar-refractivity contribution in [1.29, 1.82) is 5.26 Å². The van der Waals surface area contributed by atoms with Gasteiger partial charge in [0.15, 0.2) is 0 Å². The van der Waals surface area contributed by atoms with Crippen LogP contribution in [0.4, 0.5) is 0 Å². The average Bonchev–Trinajstić information content (AvgIpc) is 2.15. The lowest BCUT2D eigenvalue weighted by molar-refractivity contribution is 1.54. The first-order chi connectivity index (χ1) is 5.63. The standard InChI is InChI=1S/C8H10.C3H3N/c1-5-7(3)8(4)6-2;1-2-3-4/h5-6H,1-4H2;2H,1H2. The number of allylic oxidation sites excluding steroid dienone is 5. The van der Waals surface area contributed by atoms with Crippen molar-refractivity contribution in [2.45, 2.75) is 0 Å². The molecule has 0 radical (unpaired) electrons. The second kappa shape index (κ2) is 9.19. The van der Waals surface area contributed by atoms with Crippen LogP contribution in [0, 0.1) is 11.3 Å². The van der Waals surface area contributed by atoms with E-state index in [1.165, 1.54) is 6.08 Å². The smallest absolute Gasteiger partial charge is 0.0905 e. The fraction of sp³-hybridized carbons (Fsp3) is 0. The van der Waals surface area contributed by atoms with E-state index in [4.69, 9.17) is 5.26 Å². The Labute approximate surface area is 74.3 Å². The van der Waals surface area contributed by atoms with Gasteiger partial charge in [0.2, 0.25) is 0 Å². The maximum Gasteiger partial charge on any atom is 0.0905 e. The van der Waals surface area contributed by atoms with Gasteiger partial charge in [-0.15, -0.1) is 0 Å². The van der Waals surface area contributed by atoms with Gasteiger partial charge in [0.1, 0.15) is 0 Å². The molecule has 0 spiro atoms. The predicted molar refractivity (Wildman–Crippen MR) is 54.5 cm³/mol. The molecule has 0 atom stereocenters. The molecule has 12 heavy (non-hydrogen) atoms. The van der Waals surface area contributed by atoms with E-state index in [0.29, 0.717) is 0 Å². The minimum atomic E-state index is 0.833. The van der Waals surface area contributed by atoms with Crippen molar-refractivity contribution in [2.24, 2.45) is 0 Å². The van der Waals surface area contributed by atoms with Crippen LogP contribution in [-0.4, -0.2) is 0 Å². The Morgan fingerprint density at radius 3 is 1.33 bits per heavy atom. The van der Waals surface area contributed by atoms with Gasteiger partial charge >= 0.3 is 0 Å². The second-order valence-electron chi connectivity index (χ2n) is 1.79. The van der Waals surface area contributed by atoms with Crippen LogP contribution in [0.25, 0.3) is 0 Å². The normalized spacial score (nSPS) is 6.25. The molecule has 0 aromatic heterocycles. The monoisotopic (exact) mass is 159 g/mol. The van der Waals surface area contributed by atoms with Crippen molar-refractivity contribution < 1.29 is 0 Å². The molecule has 0 aliphatic carbocycles. The van der Waals surface area contributed by atoms with Gasteiger partial charge in [0.05, 0.1) is 6.07 Å². The minimum Gasteiger partial charge on any atom is -0.193 e. The molecule has 0 N–H and O–H groups in total. The van der Waals surface area contributed by atoms with Gasteiger partial charge in [-0.3, -0.25) is 0 Å². The molecule has 62 valence electrons. The first kappa shape index (κ1) is 12.8. The van der Waals surface area contributed by atoms with Crippen molar-refractivity contribution in [2.75, 3.05) is 0 Å². The summed E-state index contributed by atoms with van der Waals surface area (Å²) in [6.07, 6.45) is 4.49. The highest BCUT2D eigenvalue weighted by atomic mass is 14.2. The molecule has 1 nitrogen and oxygen atoms in total. The highest BCUT2D eigenvalue weighted by molar-refractivity contribution is 5.40. The zero-order valence-electron chi connectivity index (χ0n) is 7.21. The number of rotatable bonds is 3. The third-order valence-corrected chi connectivity index (χ3v) is 0.997. The summed E-state index contributed by atoms with van der Waals surface area (Å²) in [6.45, 7) is 17.5. The molecule has 0 aromatic carbocycles. The lowest BCUT2D eigenvalue weighted by atomic mass is 10.1. The van der Waals surface area contributed by atoms with Crippen LogP contribution >= 0.6 is 0 Å². The third kappa shape index (κ3) is 8.19. The quantitative estimate of drug-likeness (QED) is 0.458. The van der Waals surface area contributed by atoms with E-state index in [-0.39, 0.29) is 0 Å². The van der Waals surface area contributed by atoms with Gasteiger partial charge in [-0.05, 0) is 11.1 Å². The summed E-state index contributed by atoms with van der Waals surface area (Å²) in [7, 11) is 0. The Balaban J connectivity index is 0. The Morgan fingerprint density at radius 1 is 1.00 bits per heavy atom. The van der Waals surface area contributed by atoms with Crippen LogP contribution in [0.2, 0.25) is 0 Å². The predicted octanol–water partition coefficient (Wildman–Crippen LogP) is 3.17. The van der Waals surface area contributed by atoms with E-state index in [1.54, 1.807) is 18.2 Å². The summed E-state index contributed by atoms with van der Waals surface area (Å²) in [4.78, 5) is 0. The Kier molecular flexibility index (Phi) is 9.83. The van der Waals surface area contributed by atoms with E-state index in [2.05, 4.69) is 32.9 Å². The van der Waals surface area contributed by atoms with E-state index in [0.717, 1.165) is 11.1 Å². The van der Waals surface area contributed by atoms with Crippen molar-refractivity contribution in [3.63, 3.8) is 0 Å². The molecular formula is C11H13N. The highest BCUT2D eigenvalue weighted by Crippen LogP contribution is 2.04. The molecule has 0 amide bonds. The van der Waals surface area contributed by atoms with Crippen LogP contribution in [0.15, 0.2) is 62.3 Å². The zero-order valence-corrected chi connectivity index (χ0v) is 7.21. The van der Waals surface area contributed by atoms with E-state index in [1.807, 2.05) is 0 Å². The Hall–Kier alpha value is -1.81. The van der Waals surface area contributed by atoms with E-state index in [9.17, 15) is 0 Å². The second-order valence-corrected chi connectivity index (χ2v) is 1.79. The average molecular weight is 159 g/mol. The minimum absolute atomic E-state index is 0.833. The summed E-state index contributed by atoms with van der Waals surface area (Å²) in [6, 6.07) is 1.69. The topological polar surface area (TPSA) is 23.8 Å². The SMILES string of the molecule is C=CC#N.C=CC(=C)C(=C)C=C. The fourth-order valence-electron chi connectivity index (χ4n) is 0.262. The molecule has 0 aliphatic heterocycles. The molecule has 0 aromatic rings. The lowest BCUT2D eigenvalue weighted by Gasteiger charge is -1.93. The molecule has 0 fully saturated rings. The molecular weight excluding hydrogens is 146 g/mol. The first-order valence-electron chi connectivity index (χ1n) is 3.27. The fourth-order valence-corrected chi connectivity index (χ4v) is 0.262. The van der Waals surface area contributed by atoms with Gasteiger partial charge in [-0.25, -0.2) is 0 Å². The first-order valence-corrected chi connectivity index (χ1v) is 3.27. The molecule has 0 bridgehead atoms. The van der Waals surface area contributed by atoms with E-state index >= 15 is 0 Å². The molecule has 0 heterocycles. The zero-order chi connectivity index (χ0) is 9.98. The molecule has 0 saturated heterocycles. The van der Waals surface area contributed by atoms with Crippen LogP contribution in [0.1, 0.15) is 0 Å². The summed E-state index contributed by atoms with van der Waals surface area (Å²) in [5.74, 6) is 0. The maximum atomic E-state index is 7.51. The van der Waals surface area contributed by atoms with Gasteiger partial charge < -0.3 is 0 Å². The third-order valence-electron chi connectivity index (χ3n) is 0.997. The number of hydrogen-bond acceptors (Lipinski definition) is 1. The summed E-state index contributed by atoms with van der Waals surface area (Å²) < 4.78 is 0. The molecule has 0 rings (SSSR count). The van der Waals surface area contributed by atoms with Crippen molar-refractivity contribution in [3.8, 4) is 6.07 Å². The molecule has 0 saturated carbocycles. The Bertz CT molecular complexity index is 220. The molecule has 0 aliphatic rings. The summed E-state index contributed by atoms with van der Waals surface area (Å²) in [5, 5.41) is 7.51.